The molecule has 2 aromatic rings. The molecule has 0 aliphatic carbocycles. The molecule has 6 heteroatoms. The van der Waals surface area contributed by atoms with Gasteiger partial charge in [-0.15, -0.1) is 10.2 Å². The van der Waals surface area contributed by atoms with Crippen LogP contribution in [0.25, 0.3) is 0 Å². The second-order valence-electron chi connectivity index (χ2n) is 5.35. The average molecular weight is 302 g/mol. The van der Waals surface area contributed by atoms with Gasteiger partial charge in [0.25, 0.3) is 5.91 Å². The molecular formula is C15H18N4OS. The molecule has 5 nitrogen and oxygen atoms in total. The van der Waals surface area contributed by atoms with Crippen molar-refractivity contribution in [3.63, 3.8) is 0 Å². The quantitative estimate of drug-likeness (QED) is 0.915. The van der Waals surface area contributed by atoms with Crippen LogP contribution in [0.1, 0.15) is 45.4 Å². The zero-order valence-electron chi connectivity index (χ0n) is 12.1. The second-order valence-corrected chi connectivity index (χ2v) is 6.36. The van der Waals surface area contributed by atoms with Crippen LogP contribution in [0.5, 0.6) is 0 Å². The number of hydrogen-bond donors (Lipinski definition) is 2. The number of amides is 1. The summed E-state index contributed by atoms with van der Waals surface area (Å²) < 4.78 is 0. The van der Waals surface area contributed by atoms with Crippen LogP contribution < -0.4 is 10.6 Å². The predicted molar refractivity (Wildman–Crippen MR) is 83.8 cm³/mol. The largest absolute Gasteiger partial charge is 0.308 e. The number of hydrogen-bond acceptors (Lipinski definition) is 5. The lowest BCUT2D eigenvalue weighted by atomic mass is 10.1. The highest BCUT2D eigenvalue weighted by Crippen LogP contribution is 2.27. The number of carbonyl (C=O) groups excluding carboxylic acids is 1. The van der Waals surface area contributed by atoms with Crippen molar-refractivity contribution < 1.29 is 4.79 Å². The van der Waals surface area contributed by atoms with Crippen LogP contribution in [-0.2, 0) is 0 Å². The SMILES string of the molecule is Cc1ccc(C(=O)Nc2nnc(C3CCCN3)s2)cc1C. The summed E-state index contributed by atoms with van der Waals surface area (Å²) in [6, 6.07) is 5.97. The van der Waals surface area contributed by atoms with Crippen molar-refractivity contribution in [1.29, 1.82) is 0 Å². The number of nitrogens with one attached hydrogen (secondary N) is 2. The van der Waals surface area contributed by atoms with E-state index in [-0.39, 0.29) is 11.9 Å². The second kappa shape index (κ2) is 5.91. The maximum Gasteiger partial charge on any atom is 0.257 e. The summed E-state index contributed by atoms with van der Waals surface area (Å²) in [6.45, 7) is 5.05. The molecule has 1 fully saturated rings. The van der Waals surface area contributed by atoms with Gasteiger partial charge in [0.05, 0.1) is 6.04 Å². The predicted octanol–water partition coefficient (Wildman–Crippen LogP) is 2.83. The Kier molecular flexibility index (Phi) is 3.98. The molecule has 1 atom stereocenters. The highest BCUT2D eigenvalue weighted by molar-refractivity contribution is 7.15. The number of benzene rings is 1. The third-order valence-corrected chi connectivity index (χ3v) is 4.74. The first-order valence-electron chi connectivity index (χ1n) is 7.09. The van der Waals surface area contributed by atoms with E-state index in [2.05, 4.69) is 20.8 Å². The van der Waals surface area contributed by atoms with Crippen molar-refractivity contribution in [2.45, 2.75) is 32.7 Å². The molecule has 1 aromatic carbocycles. The van der Waals surface area contributed by atoms with Crippen LogP contribution in [0, 0.1) is 13.8 Å². The number of nitrogens with zero attached hydrogens (tertiary/aromatic N) is 2. The summed E-state index contributed by atoms with van der Waals surface area (Å²) in [5, 5.41) is 15.9. The molecule has 1 aromatic heterocycles. The van der Waals surface area contributed by atoms with Crippen LogP contribution >= 0.6 is 11.3 Å². The van der Waals surface area contributed by atoms with Crippen LogP contribution in [0.3, 0.4) is 0 Å². The Labute approximate surface area is 127 Å². The average Bonchev–Trinajstić information content (AvgIpc) is 3.12. The van der Waals surface area contributed by atoms with Gasteiger partial charge in [0.15, 0.2) is 0 Å². The minimum absolute atomic E-state index is 0.139. The van der Waals surface area contributed by atoms with E-state index in [0.29, 0.717) is 10.7 Å². The molecule has 0 spiro atoms. The van der Waals surface area contributed by atoms with E-state index in [4.69, 9.17) is 0 Å². The third kappa shape index (κ3) is 3.11. The Morgan fingerprint density at radius 3 is 2.90 bits per heavy atom. The molecule has 1 aliphatic heterocycles. The smallest absolute Gasteiger partial charge is 0.257 e. The fourth-order valence-corrected chi connectivity index (χ4v) is 3.22. The molecule has 2 N–H and O–H groups in total. The molecular weight excluding hydrogens is 284 g/mol. The van der Waals surface area contributed by atoms with Gasteiger partial charge < -0.3 is 5.32 Å². The summed E-state index contributed by atoms with van der Waals surface area (Å²) in [6.07, 6.45) is 2.24. The Morgan fingerprint density at radius 2 is 2.19 bits per heavy atom. The zero-order valence-corrected chi connectivity index (χ0v) is 13.0. The van der Waals surface area contributed by atoms with Crippen molar-refractivity contribution in [1.82, 2.24) is 15.5 Å². The summed E-state index contributed by atoms with van der Waals surface area (Å²) in [5.74, 6) is -0.139. The van der Waals surface area contributed by atoms with Crippen molar-refractivity contribution in [3.05, 3.63) is 39.9 Å². The number of carbonyl (C=O) groups is 1. The van der Waals surface area contributed by atoms with Gasteiger partial charge in [0, 0.05) is 5.56 Å². The summed E-state index contributed by atoms with van der Waals surface area (Å²) in [4.78, 5) is 12.2. The molecule has 1 aliphatic rings. The number of aromatic nitrogens is 2. The zero-order chi connectivity index (χ0) is 14.8. The van der Waals surface area contributed by atoms with Gasteiger partial charge in [-0.2, -0.15) is 0 Å². The standard InChI is InChI=1S/C15H18N4OS/c1-9-5-6-11(8-10(9)2)13(20)17-15-19-18-14(21-15)12-4-3-7-16-12/h5-6,8,12,16H,3-4,7H2,1-2H3,(H,17,19,20). The van der Waals surface area contributed by atoms with E-state index in [1.54, 1.807) is 0 Å². The summed E-state index contributed by atoms with van der Waals surface area (Å²) in [7, 11) is 0. The lowest BCUT2D eigenvalue weighted by molar-refractivity contribution is 0.102. The van der Waals surface area contributed by atoms with Gasteiger partial charge >= 0.3 is 0 Å². The van der Waals surface area contributed by atoms with Crippen LogP contribution in [0.15, 0.2) is 18.2 Å². The van der Waals surface area contributed by atoms with Gasteiger partial charge in [-0.25, -0.2) is 0 Å². The Balaban J connectivity index is 1.70. The third-order valence-electron chi connectivity index (χ3n) is 3.79. The van der Waals surface area contributed by atoms with Crippen LogP contribution in [-0.4, -0.2) is 22.6 Å². The van der Waals surface area contributed by atoms with E-state index in [1.165, 1.54) is 16.9 Å². The van der Waals surface area contributed by atoms with Gasteiger partial charge in [-0.05, 0) is 56.5 Å². The van der Waals surface area contributed by atoms with E-state index in [9.17, 15) is 4.79 Å². The fourth-order valence-electron chi connectivity index (χ4n) is 2.37. The Bertz CT molecular complexity index is 661. The maximum atomic E-state index is 12.2. The normalized spacial score (nSPS) is 17.9. The lowest BCUT2D eigenvalue weighted by Crippen LogP contribution is -2.12. The molecule has 1 amide bonds. The molecule has 110 valence electrons. The minimum atomic E-state index is -0.139. The van der Waals surface area contributed by atoms with Crippen molar-refractivity contribution in [2.75, 3.05) is 11.9 Å². The maximum absolute atomic E-state index is 12.2. The van der Waals surface area contributed by atoms with Crippen molar-refractivity contribution in [2.24, 2.45) is 0 Å². The first-order chi connectivity index (χ1) is 10.1. The number of anilines is 1. The molecule has 3 rings (SSSR count). The molecule has 21 heavy (non-hydrogen) atoms. The number of aryl methyl sites for hydroxylation is 2. The van der Waals surface area contributed by atoms with Crippen molar-refractivity contribution >= 4 is 22.4 Å². The molecule has 1 unspecified atom stereocenters. The minimum Gasteiger partial charge on any atom is -0.308 e. The molecule has 0 radical (unpaired) electrons. The molecule has 2 heterocycles. The van der Waals surface area contributed by atoms with Gasteiger partial charge in [-0.3, -0.25) is 10.1 Å². The monoisotopic (exact) mass is 302 g/mol. The first-order valence-corrected chi connectivity index (χ1v) is 7.90. The van der Waals surface area contributed by atoms with Crippen LogP contribution in [0.4, 0.5) is 5.13 Å². The van der Waals surface area contributed by atoms with E-state index in [1.807, 2.05) is 32.0 Å². The van der Waals surface area contributed by atoms with E-state index < -0.39 is 0 Å². The summed E-state index contributed by atoms with van der Waals surface area (Å²) in [5.41, 5.74) is 2.93. The van der Waals surface area contributed by atoms with Gasteiger partial charge in [-0.1, -0.05) is 17.4 Å². The van der Waals surface area contributed by atoms with Crippen LogP contribution in [0.2, 0.25) is 0 Å². The lowest BCUT2D eigenvalue weighted by Gasteiger charge is -2.05. The molecule has 1 saturated heterocycles. The fraction of sp³-hybridized carbons (Fsp3) is 0.400. The molecule has 0 bridgehead atoms. The Morgan fingerprint density at radius 1 is 1.33 bits per heavy atom. The topological polar surface area (TPSA) is 66.9 Å². The first kappa shape index (κ1) is 14.2. The van der Waals surface area contributed by atoms with E-state index in [0.717, 1.165) is 30.0 Å². The summed E-state index contributed by atoms with van der Waals surface area (Å²) >= 11 is 1.44. The Hall–Kier alpha value is -1.79. The molecule has 0 saturated carbocycles. The highest BCUT2D eigenvalue weighted by Gasteiger charge is 2.21. The van der Waals surface area contributed by atoms with E-state index >= 15 is 0 Å². The van der Waals surface area contributed by atoms with Crippen molar-refractivity contribution in [3.8, 4) is 0 Å². The number of rotatable bonds is 3. The van der Waals surface area contributed by atoms with Gasteiger partial charge in [0.2, 0.25) is 5.13 Å². The van der Waals surface area contributed by atoms with Gasteiger partial charge in [0.1, 0.15) is 5.01 Å². The highest BCUT2D eigenvalue weighted by atomic mass is 32.1.